The van der Waals surface area contributed by atoms with Gasteiger partial charge in [0.25, 0.3) is 5.91 Å². The van der Waals surface area contributed by atoms with Crippen molar-refractivity contribution in [1.29, 1.82) is 0 Å². The number of hydrogen-bond donors (Lipinski definition) is 2. The Morgan fingerprint density at radius 3 is 2.51 bits per heavy atom. The second-order valence-corrected chi connectivity index (χ2v) is 11.8. The summed E-state index contributed by atoms with van der Waals surface area (Å²) in [6.07, 6.45) is 13.3. The summed E-state index contributed by atoms with van der Waals surface area (Å²) in [5.74, 6) is -2.50. The van der Waals surface area contributed by atoms with E-state index >= 15 is 0 Å². The van der Waals surface area contributed by atoms with Crippen molar-refractivity contribution in [3.05, 3.63) is 71.0 Å². The Bertz CT molecular complexity index is 1140. The normalized spacial score (nSPS) is 28.3. The van der Waals surface area contributed by atoms with E-state index in [2.05, 4.69) is 11.9 Å². The first kappa shape index (κ1) is 36.0. The molecule has 0 aliphatic carbocycles. The molecule has 8 heteroatoms. The molecule has 8 nitrogen and oxygen atoms in total. The van der Waals surface area contributed by atoms with Crippen LogP contribution in [0.4, 0.5) is 0 Å². The molecule has 238 valence electrons. The molecule has 0 aromatic rings. The number of nitrogens with one attached hydrogen (secondary N) is 1. The van der Waals surface area contributed by atoms with Gasteiger partial charge < -0.3 is 24.6 Å². The number of methoxy groups -OCH3 is 1. The Balaban J connectivity index is 2.54. The summed E-state index contributed by atoms with van der Waals surface area (Å²) in [4.78, 5) is 39.2. The number of aliphatic hydroxyl groups is 1. The number of aliphatic hydroxyl groups excluding tert-OH is 1. The third kappa shape index (κ3) is 12.9. The summed E-state index contributed by atoms with van der Waals surface area (Å²) < 4.78 is 17.3. The minimum absolute atomic E-state index is 0.0249. The zero-order valence-electron chi connectivity index (χ0n) is 26.8. The van der Waals surface area contributed by atoms with Crippen molar-refractivity contribution in [1.82, 2.24) is 5.32 Å². The summed E-state index contributed by atoms with van der Waals surface area (Å²) in [6.45, 7) is 13.6. The molecule has 2 rings (SSSR count). The van der Waals surface area contributed by atoms with Gasteiger partial charge in [0.1, 0.15) is 18.3 Å². The van der Waals surface area contributed by atoms with E-state index in [1.165, 1.54) is 6.08 Å². The van der Waals surface area contributed by atoms with Crippen LogP contribution < -0.4 is 5.32 Å². The average Bonchev–Trinajstić information content (AvgIpc) is 2.94. The molecule has 0 fully saturated rings. The Morgan fingerprint density at radius 1 is 1.07 bits per heavy atom. The predicted molar refractivity (Wildman–Crippen MR) is 169 cm³/mol. The van der Waals surface area contributed by atoms with Crippen molar-refractivity contribution in [2.45, 2.75) is 117 Å². The van der Waals surface area contributed by atoms with E-state index in [-0.39, 0.29) is 12.5 Å². The minimum atomic E-state index is -1.47. The smallest absolute Gasteiger partial charge is 0.333 e. The molecule has 2 bridgehead atoms. The van der Waals surface area contributed by atoms with E-state index in [0.717, 1.165) is 42.4 Å². The SMILES string of the molecule is C=C1CC(OC)CCCCCC2=CC(=O)OC(C=C(C)CC(=O)OC(C=CCC)C(C)C(O)C(=O)N2)CC(C)=CC=C1C. The molecule has 2 aliphatic rings. The molecule has 2 heterocycles. The number of rotatable bonds is 3. The molecule has 1 amide bonds. The zero-order valence-corrected chi connectivity index (χ0v) is 26.8. The van der Waals surface area contributed by atoms with E-state index in [4.69, 9.17) is 14.2 Å². The van der Waals surface area contributed by atoms with Crippen molar-refractivity contribution >= 4 is 17.8 Å². The van der Waals surface area contributed by atoms with Crippen LogP contribution in [0.3, 0.4) is 0 Å². The van der Waals surface area contributed by atoms with Crippen LogP contribution in [-0.2, 0) is 28.6 Å². The summed E-state index contributed by atoms with van der Waals surface area (Å²) in [7, 11) is 1.72. The average molecular weight is 598 g/mol. The molecule has 5 unspecified atom stereocenters. The lowest BCUT2D eigenvalue weighted by atomic mass is 9.96. The third-order valence-corrected chi connectivity index (χ3v) is 7.83. The lowest BCUT2D eigenvalue weighted by Gasteiger charge is -2.25. The molecular formula is C35H51NO7. The number of esters is 2. The Kier molecular flexibility index (Phi) is 15.4. The Morgan fingerprint density at radius 2 is 1.81 bits per heavy atom. The highest BCUT2D eigenvalue weighted by atomic mass is 16.5. The molecule has 2 aliphatic heterocycles. The van der Waals surface area contributed by atoms with Crippen LogP contribution in [0.2, 0.25) is 0 Å². The summed E-state index contributed by atoms with van der Waals surface area (Å²) >= 11 is 0. The van der Waals surface area contributed by atoms with Gasteiger partial charge >= 0.3 is 11.9 Å². The maximum absolute atomic E-state index is 13.2. The van der Waals surface area contributed by atoms with Gasteiger partial charge in [0.05, 0.1) is 12.5 Å². The van der Waals surface area contributed by atoms with E-state index in [9.17, 15) is 19.5 Å². The van der Waals surface area contributed by atoms with Crippen LogP contribution >= 0.6 is 0 Å². The number of cyclic esters (lactones) is 1. The number of allylic oxidation sites excluding steroid dienone is 5. The molecule has 0 spiro atoms. The fraction of sp³-hybridized carbons (Fsp3) is 0.571. The number of ether oxygens (including phenoxy) is 3. The maximum Gasteiger partial charge on any atom is 0.333 e. The first-order valence-corrected chi connectivity index (χ1v) is 15.4. The number of hydrogen-bond acceptors (Lipinski definition) is 7. The van der Waals surface area contributed by atoms with Gasteiger partial charge in [0.2, 0.25) is 0 Å². The minimum Gasteiger partial charge on any atom is -0.457 e. The summed E-state index contributed by atoms with van der Waals surface area (Å²) in [5.41, 5.74) is 4.09. The van der Waals surface area contributed by atoms with Crippen LogP contribution in [-0.4, -0.2) is 54.5 Å². The lowest BCUT2D eigenvalue weighted by molar-refractivity contribution is -0.152. The molecule has 0 aromatic carbocycles. The van der Waals surface area contributed by atoms with Crippen LogP contribution in [0, 0.1) is 5.92 Å². The Hall–Kier alpha value is -3.23. The molecular weight excluding hydrogens is 546 g/mol. The monoisotopic (exact) mass is 597 g/mol. The number of amides is 1. The fourth-order valence-electron chi connectivity index (χ4n) is 5.04. The molecule has 0 saturated carbocycles. The highest BCUT2D eigenvalue weighted by Crippen LogP contribution is 2.23. The van der Waals surface area contributed by atoms with Crippen molar-refractivity contribution < 1.29 is 33.7 Å². The molecule has 0 saturated heterocycles. The molecule has 0 aromatic heterocycles. The third-order valence-electron chi connectivity index (χ3n) is 7.83. The summed E-state index contributed by atoms with van der Waals surface area (Å²) in [5, 5.41) is 13.7. The highest BCUT2D eigenvalue weighted by Gasteiger charge is 2.31. The zero-order chi connectivity index (χ0) is 31.9. The summed E-state index contributed by atoms with van der Waals surface area (Å²) in [6, 6.07) is 0. The standard InChI is InChI=1S/C35H51NO7/c1-8-9-15-31-27(6)34(39)35(40)36-28-13-11-10-12-14-29(41-7)21-26(5)25(4)17-16-23(2)18-30(42-33(38)22-28)19-24(3)20-32(37)43-31/h9,15-17,19,22,27,29-31,34,39H,5,8,10-14,18,20-21H2,1-4,6-7H3,(H,36,40). The first-order chi connectivity index (χ1) is 20.4. The van der Waals surface area contributed by atoms with Gasteiger partial charge in [-0.15, -0.1) is 0 Å². The van der Waals surface area contributed by atoms with Gasteiger partial charge in [-0.25, -0.2) is 4.79 Å². The second-order valence-electron chi connectivity index (χ2n) is 11.8. The van der Waals surface area contributed by atoms with Crippen LogP contribution in [0.25, 0.3) is 0 Å². The van der Waals surface area contributed by atoms with Crippen molar-refractivity contribution in [2.24, 2.45) is 5.92 Å². The van der Waals surface area contributed by atoms with E-state index in [1.807, 2.05) is 39.0 Å². The van der Waals surface area contributed by atoms with E-state index < -0.39 is 42.1 Å². The van der Waals surface area contributed by atoms with Crippen LogP contribution in [0.15, 0.2) is 71.0 Å². The number of carbonyl (C=O) groups excluding carboxylic acids is 3. The van der Waals surface area contributed by atoms with Crippen molar-refractivity contribution in [3.8, 4) is 0 Å². The fourth-order valence-corrected chi connectivity index (χ4v) is 5.04. The Labute approximate surface area is 257 Å². The van der Waals surface area contributed by atoms with Crippen molar-refractivity contribution in [2.75, 3.05) is 7.11 Å². The van der Waals surface area contributed by atoms with Gasteiger partial charge in [0, 0.05) is 31.2 Å². The predicted octanol–water partition coefficient (Wildman–Crippen LogP) is 6.33. The van der Waals surface area contributed by atoms with E-state index in [0.29, 0.717) is 37.0 Å². The molecule has 5 atom stereocenters. The van der Waals surface area contributed by atoms with Gasteiger partial charge in [-0.05, 0) is 76.2 Å². The molecule has 0 radical (unpaired) electrons. The van der Waals surface area contributed by atoms with Gasteiger partial charge in [-0.2, -0.15) is 0 Å². The quantitative estimate of drug-likeness (QED) is 0.289. The number of carbonyl (C=O) groups is 3. The topological polar surface area (TPSA) is 111 Å². The largest absolute Gasteiger partial charge is 0.457 e. The highest BCUT2D eigenvalue weighted by molar-refractivity contribution is 5.87. The van der Waals surface area contributed by atoms with E-state index in [1.54, 1.807) is 33.1 Å². The molecule has 43 heavy (non-hydrogen) atoms. The second kappa shape index (κ2) is 18.4. The van der Waals surface area contributed by atoms with Gasteiger partial charge in [-0.1, -0.05) is 62.6 Å². The lowest BCUT2D eigenvalue weighted by Crippen LogP contribution is -2.43. The van der Waals surface area contributed by atoms with Crippen LogP contribution in [0.5, 0.6) is 0 Å². The molecule has 2 N–H and O–H groups in total. The maximum atomic E-state index is 13.2. The van der Waals surface area contributed by atoms with Crippen LogP contribution in [0.1, 0.15) is 92.4 Å². The first-order valence-electron chi connectivity index (χ1n) is 15.4. The van der Waals surface area contributed by atoms with Crippen molar-refractivity contribution in [3.63, 3.8) is 0 Å². The number of fused-ring (bicyclic) bond motifs is 3. The van der Waals surface area contributed by atoms with Gasteiger partial charge in [0.15, 0.2) is 0 Å². The van der Waals surface area contributed by atoms with Gasteiger partial charge in [-0.3, -0.25) is 9.59 Å².